The van der Waals surface area contributed by atoms with Crippen LogP contribution in [0.2, 0.25) is 0 Å². The molecule has 0 radical (unpaired) electrons. The maximum Gasteiger partial charge on any atom is 0.277 e. The molecule has 0 unspecified atom stereocenters. The van der Waals surface area contributed by atoms with Crippen LogP contribution in [0.1, 0.15) is 23.0 Å². The third kappa shape index (κ3) is 5.13. The van der Waals surface area contributed by atoms with Crippen molar-refractivity contribution in [1.82, 2.24) is 14.8 Å². The number of thiazole rings is 1. The predicted octanol–water partition coefficient (Wildman–Crippen LogP) is 3.63. The maximum atomic E-state index is 12.7. The van der Waals surface area contributed by atoms with Crippen LogP contribution in [-0.2, 0) is 11.3 Å². The number of anilines is 2. The molecule has 2 aromatic heterocycles. The van der Waals surface area contributed by atoms with Crippen molar-refractivity contribution in [2.45, 2.75) is 13.5 Å². The molecule has 8 nitrogen and oxygen atoms in total. The van der Waals surface area contributed by atoms with Crippen molar-refractivity contribution in [2.24, 2.45) is 0 Å². The lowest BCUT2D eigenvalue weighted by molar-refractivity contribution is -0.114. The van der Waals surface area contributed by atoms with Crippen LogP contribution >= 0.6 is 11.3 Å². The van der Waals surface area contributed by atoms with Gasteiger partial charge in [-0.05, 0) is 23.8 Å². The lowest BCUT2D eigenvalue weighted by atomic mass is 10.1. The highest BCUT2D eigenvalue weighted by molar-refractivity contribution is 7.14. The fourth-order valence-corrected chi connectivity index (χ4v) is 3.71. The van der Waals surface area contributed by atoms with Crippen LogP contribution in [0.3, 0.4) is 0 Å². The van der Waals surface area contributed by atoms with E-state index in [9.17, 15) is 14.4 Å². The molecule has 0 fully saturated rings. The second kappa shape index (κ2) is 9.36. The molecule has 2 aromatic carbocycles. The zero-order valence-electron chi connectivity index (χ0n) is 17.1. The maximum absolute atomic E-state index is 12.7. The molecule has 160 valence electrons. The van der Waals surface area contributed by atoms with Gasteiger partial charge in [-0.1, -0.05) is 42.5 Å². The number of rotatable bonds is 6. The van der Waals surface area contributed by atoms with Crippen molar-refractivity contribution in [3.8, 4) is 11.3 Å². The molecule has 4 rings (SSSR count). The Kier molecular flexibility index (Phi) is 6.18. The van der Waals surface area contributed by atoms with E-state index in [2.05, 4.69) is 20.7 Å². The highest BCUT2D eigenvalue weighted by Crippen LogP contribution is 2.26. The number of amides is 2. The Bertz CT molecular complexity index is 1310. The average molecular weight is 446 g/mol. The quantitative estimate of drug-likeness (QED) is 0.471. The molecule has 0 aliphatic carbocycles. The summed E-state index contributed by atoms with van der Waals surface area (Å²) in [5, 5.41) is 11.9. The zero-order valence-corrected chi connectivity index (χ0v) is 17.9. The molecule has 0 aliphatic rings. The molecule has 0 atom stereocenters. The number of benzene rings is 2. The average Bonchev–Trinajstić information content (AvgIpc) is 3.24. The molecule has 32 heavy (non-hydrogen) atoms. The van der Waals surface area contributed by atoms with E-state index in [0.29, 0.717) is 16.5 Å². The molecule has 0 aliphatic heterocycles. The van der Waals surface area contributed by atoms with Crippen molar-refractivity contribution in [3.05, 3.63) is 93.7 Å². The standard InChI is InChI=1S/C23H19N5O3S/c1-15(29)24-18-9-7-17(8-10-18)20-14-32-23(25-20)26-22(31)19-11-12-21(30)28(27-19)13-16-5-3-2-4-6-16/h2-12,14H,13H2,1H3,(H,24,29)(H,25,26,31). The number of hydrogen-bond donors (Lipinski definition) is 2. The Labute approximate surface area is 187 Å². The lowest BCUT2D eigenvalue weighted by Gasteiger charge is -2.07. The summed E-state index contributed by atoms with van der Waals surface area (Å²) in [6.45, 7) is 1.72. The van der Waals surface area contributed by atoms with Gasteiger partial charge in [-0.25, -0.2) is 9.67 Å². The van der Waals surface area contributed by atoms with Crippen molar-refractivity contribution >= 4 is 34.0 Å². The number of carbonyl (C=O) groups excluding carboxylic acids is 2. The van der Waals surface area contributed by atoms with Crippen molar-refractivity contribution in [2.75, 3.05) is 10.6 Å². The van der Waals surface area contributed by atoms with Crippen LogP contribution in [0.5, 0.6) is 0 Å². The number of carbonyl (C=O) groups is 2. The van der Waals surface area contributed by atoms with Gasteiger partial charge in [-0.2, -0.15) is 5.10 Å². The minimum Gasteiger partial charge on any atom is -0.326 e. The Balaban J connectivity index is 1.47. The summed E-state index contributed by atoms with van der Waals surface area (Å²) in [5.41, 5.74) is 2.99. The first-order valence-corrected chi connectivity index (χ1v) is 10.6. The summed E-state index contributed by atoms with van der Waals surface area (Å²) in [6.07, 6.45) is 0. The SMILES string of the molecule is CC(=O)Nc1ccc(-c2csc(NC(=O)c3ccc(=O)n(Cc4ccccc4)n3)n2)cc1. The van der Waals surface area contributed by atoms with Crippen LogP contribution < -0.4 is 16.2 Å². The Hall–Kier alpha value is -4.11. The smallest absolute Gasteiger partial charge is 0.277 e. The Morgan fingerprint density at radius 1 is 0.969 bits per heavy atom. The van der Waals surface area contributed by atoms with Gasteiger partial charge in [0.2, 0.25) is 5.91 Å². The molecule has 9 heteroatoms. The first kappa shape index (κ1) is 21.1. The van der Waals surface area contributed by atoms with Crippen LogP contribution in [-0.4, -0.2) is 26.6 Å². The van der Waals surface area contributed by atoms with Crippen molar-refractivity contribution in [1.29, 1.82) is 0 Å². The molecule has 2 N–H and O–H groups in total. The number of aromatic nitrogens is 3. The highest BCUT2D eigenvalue weighted by atomic mass is 32.1. The molecule has 0 saturated heterocycles. The lowest BCUT2D eigenvalue weighted by Crippen LogP contribution is -2.26. The monoisotopic (exact) mass is 445 g/mol. The molecular formula is C23H19N5O3S. The first-order chi connectivity index (χ1) is 15.5. The normalized spacial score (nSPS) is 10.5. The van der Waals surface area contributed by atoms with Crippen LogP contribution in [0.25, 0.3) is 11.3 Å². The summed E-state index contributed by atoms with van der Waals surface area (Å²) in [7, 11) is 0. The van der Waals surface area contributed by atoms with E-state index in [4.69, 9.17) is 0 Å². The van der Waals surface area contributed by atoms with E-state index in [-0.39, 0.29) is 23.7 Å². The van der Waals surface area contributed by atoms with Gasteiger partial charge in [0.1, 0.15) is 5.69 Å². The van der Waals surface area contributed by atoms with E-state index in [1.807, 2.05) is 47.8 Å². The second-order valence-corrected chi connectivity index (χ2v) is 7.81. The molecule has 0 spiro atoms. The first-order valence-electron chi connectivity index (χ1n) is 9.75. The summed E-state index contributed by atoms with van der Waals surface area (Å²) in [5.74, 6) is -0.589. The van der Waals surface area contributed by atoms with Gasteiger partial charge in [-0.15, -0.1) is 11.3 Å². The third-order valence-electron chi connectivity index (χ3n) is 4.50. The van der Waals surface area contributed by atoms with Gasteiger partial charge in [0.05, 0.1) is 12.2 Å². The van der Waals surface area contributed by atoms with Gasteiger partial charge < -0.3 is 5.32 Å². The third-order valence-corrected chi connectivity index (χ3v) is 5.26. The molecule has 0 saturated carbocycles. The van der Waals surface area contributed by atoms with Gasteiger partial charge in [0.15, 0.2) is 5.13 Å². The molecular weight excluding hydrogens is 426 g/mol. The summed E-state index contributed by atoms with van der Waals surface area (Å²) < 4.78 is 1.26. The molecule has 4 aromatic rings. The fraction of sp³-hybridized carbons (Fsp3) is 0.0870. The molecule has 2 amide bonds. The molecule has 2 heterocycles. The van der Waals surface area contributed by atoms with Crippen LogP contribution in [0, 0.1) is 0 Å². The van der Waals surface area contributed by atoms with Gasteiger partial charge >= 0.3 is 0 Å². The largest absolute Gasteiger partial charge is 0.326 e. The minimum atomic E-state index is -0.450. The Morgan fingerprint density at radius 3 is 2.44 bits per heavy atom. The summed E-state index contributed by atoms with van der Waals surface area (Å²) >= 11 is 1.28. The predicted molar refractivity (Wildman–Crippen MR) is 124 cm³/mol. The number of nitrogens with zero attached hydrogens (tertiary/aromatic N) is 3. The van der Waals surface area contributed by atoms with E-state index in [0.717, 1.165) is 11.1 Å². The fourth-order valence-electron chi connectivity index (χ4n) is 2.99. The number of hydrogen-bond acceptors (Lipinski definition) is 6. The highest BCUT2D eigenvalue weighted by Gasteiger charge is 2.13. The summed E-state index contributed by atoms with van der Waals surface area (Å²) in [6, 6.07) is 19.4. The van der Waals surface area contributed by atoms with E-state index in [1.54, 1.807) is 12.1 Å². The minimum absolute atomic E-state index is 0.122. The topological polar surface area (TPSA) is 106 Å². The van der Waals surface area contributed by atoms with Crippen LogP contribution in [0.15, 0.2) is 76.9 Å². The van der Waals surface area contributed by atoms with Crippen molar-refractivity contribution < 1.29 is 9.59 Å². The van der Waals surface area contributed by atoms with Crippen LogP contribution in [0.4, 0.5) is 10.8 Å². The zero-order chi connectivity index (χ0) is 22.5. The van der Waals surface area contributed by atoms with Gasteiger partial charge in [0.25, 0.3) is 11.5 Å². The van der Waals surface area contributed by atoms with Crippen molar-refractivity contribution in [3.63, 3.8) is 0 Å². The van der Waals surface area contributed by atoms with Gasteiger partial charge in [-0.3, -0.25) is 19.7 Å². The molecule has 0 bridgehead atoms. The Morgan fingerprint density at radius 2 is 1.72 bits per heavy atom. The van der Waals surface area contributed by atoms with Gasteiger partial charge in [0, 0.05) is 29.6 Å². The number of nitrogens with one attached hydrogen (secondary N) is 2. The van der Waals surface area contributed by atoms with E-state index in [1.165, 1.54) is 35.1 Å². The summed E-state index contributed by atoms with van der Waals surface area (Å²) in [4.78, 5) is 40.4. The van der Waals surface area contributed by atoms with E-state index >= 15 is 0 Å². The second-order valence-electron chi connectivity index (χ2n) is 6.95. The van der Waals surface area contributed by atoms with E-state index < -0.39 is 5.91 Å².